The van der Waals surface area contributed by atoms with Crippen LogP contribution in [0.1, 0.15) is 12.7 Å². The van der Waals surface area contributed by atoms with Gasteiger partial charge in [0.1, 0.15) is 5.82 Å². The predicted molar refractivity (Wildman–Crippen MR) is 95.5 cm³/mol. The molecule has 1 N–H and O–H groups in total. The molecule has 6 heteroatoms. The molecule has 0 spiro atoms. The van der Waals surface area contributed by atoms with E-state index in [0.717, 1.165) is 55.3 Å². The molecule has 1 amide bonds. The number of carbonyl (C=O) groups is 1. The maximum absolute atomic E-state index is 12.3. The minimum absolute atomic E-state index is 0.118. The van der Waals surface area contributed by atoms with E-state index in [4.69, 9.17) is 0 Å². The number of rotatable bonds is 5. The number of hydrogen-bond acceptors (Lipinski definition) is 4. The van der Waals surface area contributed by atoms with E-state index < -0.39 is 0 Å². The van der Waals surface area contributed by atoms with Crippen LogP contribution < -0.4 is 0 Å². The Balaban J connectivity index is 1.53. The van der Waals surface area contributed by atoms with Crippen LogP contribution in [0.4, 0.5) is 0 Å². The molecule has 1 atom stereocenters. The van der Waals surface area contributed by atoms with Gasteiger partial charge in [-0.3, -0.25) is 9.69 Å². The molecule has 124 valence electrons. The van der Waals surface area contributed by atoms with Crippen LogP contribution in [0.3, 0.4) is 0 Å². The molecular weight excluding hydrogens is 308 g/mol. The van der Waals surface area contributed by atoms with Crippen molar-refractivity contribution < 1.29 is 4.79 Å². The van der Waals surface area contributed by atoms with Gasteiger partial charge < -0.3 is 9.88 Å². The van der Waals surface area contributed by atoms with Gasteiger partial charge in [0, 0.05) is 37.8 Å². The minimum Gasteiger partial charge on any atom is -0.341 e. The van der Waals surface area contributed by atoms with Gasteiger partial charge in [0.15, 0.2) is 0 Å². The van der Waals surface area contributed by atoms with Crippen LogP contribution in [-0.2, 0) is 11.3 Å². The van der Waals surface area contributed by atoms with Crippen LogP contribution in [0.15, 0.2) is 24.3 Å². The van der Waals surface area contributed by atoms with Gasteiger partial charge in [0.2, 0.25) is 5.91 Å². The molecule has 23 heavy (non-hydrogen) atoms. The van der Waals surface area contributed by atoms with Crippen molar-refractivity contribution in [2.24, 2.45) is 5.92 Å². The molecule has 2 aromatic rings. The van der Waals surface area contributed by atoms with Gasteiger partial charge in [-0.1, -0.05) is 19.1 Å². The van der Waals surface area contributed by atoms with Crippen LogP contribution in [0.25, 0.3) is 11.0 Å². The molecule has 2 heterocycles. The lowest BCUT2D eigenvalue weighted by molar-refractivity contribution is -0.136. The number of thioether (sulfide) groups is 1. The first-order chi connectivity index (χ1) is 11.2. The number of H-pyrrole nitrogens is 1. The lowest BCUT2D eigenvalue weighted by Crippen LogP contribution is -2.50. The third-order valence-corrected chi connectivity index (χ3v) is 5.17. The number of nitrogens with zero attached hydrogens (tertiary/aromatic N) is 3. The average molecular weight is 332 g/mol. The molecule has 0 bridgehead atoms. The Bertz CT molecular complexity index is 630. The maximum Gasteiger partial charge on any atom is 0.226 e. The lowest BCUT2D eigenvalue weighted by atomic mass is 10.1. The van der Waals surface area contributed by atoms with Crippen molar-refractivity contribution in [1.29, 1.82) is 0 Å². The van der Waals surface area contributed by atoms with Crippen molar-refractivity contribution in [3.05, 3.63) is 30.1 Å². The number of carbonyl (C=O) groups excluding carboxylic acids is 1. The summed E-state index contributed by atoms with van der Waals surface area (Å²) in [6, 6.07) is 8.10. The number of hydrogen-bond donors (Lipinski definition) is 1. The van der Waals surface area contributed by atoms with E-state index in [1.165, 1.54) is 0 Å². The van der Waals surface area contributed by atoms with Gasteiger partial charge in [-0.05, 0) is 18.4 Å². The Morgan fingerprint density at radius 1 is 1.30 bits per heavy atom. The van der Waals surface area contributed by atoms with Crippen molar-refractivity contribution >= 4 is 28.7 Å². The van der Waals surface area contributed by atoms with Crippen molar-refractivity contribution in [2.45, 2.75) is 13.5 Å². The standard InChI is InChI=1S/C17H24N4OS/c1-13(12-23-2)17(22)21-9-7-20(8-10-21)11-16-18-14-5-3-4-6-15(14)19-16/h3-6,13H,7-12H2,1-2H3,(H,18,19). The summed E-state index contributed by atoms with van der Waals surface area (Å²) < 4.78 is 0. The van der Waals surface area contributed by atoms with Crippen molar-refractivity contribution in [2.75, 3.05) is 38.2 Å². The number of aromatic amines is 1. The highest BCUT2D eigenvalue weighted by molar-refractivity contribution is 7.98. The summed E-state index contributed by atoms with van der Waals surface area (Å²) in [5.74, 6) is 2.31. The number of piperazine rings is 1. The molecule has 1 saturated heterocycles. The van der Waals surface area contributed by atoms with E-state index in [1.807, 2.05) is 30.0 Å². The van der Waals surface area contributed by atoms with Crippen LogP contribution >= 0.6 is 11.8 Å². The number of aromatic nitrogens is 2. The molecule has 3 rings (SSSR count). The number of nitrogens with one attached hydrogen (secondary N) is 1. The highest BCUT2D eigenvalue weighted by atomic mass is 32.2. The first-order valence-electron chi connectivity index (χ1n) is 8.11. The fourth-order valence-electron chi connectivity index (χ4n) is 3.05. The van der Waals surface area contributed by atoms with E-state index in [-0.39, 0.29) is 5.92 Å². The largest absolute Gasteiger partial charge is 0.341 e. The molecule has 1 aliphatic heterocycles. The Morgan fingerprint density at radius 2 is 2.04 bits per heavy atom. The van der Waals surface area contributed by atoms with Crippen molar-refractivity contribution in [3.63, 3.8) is 0 Å². The topological polar surface area (TPSA) is 52.2 Å². The maximum atomic E-state index is 12.3. The minimum atomic E-state index is 0.118. The zero-order valence-corrected chi connectivity index (χ0v) is 14.6. The second kappa shape index (κ2) is 7.36. The molecule has 0 saturated carbocycles. The number of para-hydroxylation sites is 2. The van der Waals surface area contributed by atoms with Gasteiger partial charge in [0.25, 0.3) is 0 Å². The normalized spacial score (nSPS) is 17.6. The first-order valence-corrected chi connectivity index (χ1v) is 9.50. The second-order valence-electron chi connectivity index (χ2n) is 6.16. The summed E-state index contributed by atoms with van der Waals surface area (Å²) in [5, 5.41) is 0. The Kier molecular flexibility index (Phi) is 5.23. The van der Waals surface area contributed by atoms with E-state index >= 15 is 0 Å². The Hall–Kier alpha value is -1.53. The van der Waals surface area contributed by atoms with Crippen molar-refractivity contribution in [1.82, 2.24) is 19.8 Å². The number of imidazole rings is 1. The van der Waals surface area contributed by atoms with E-state index in [2.05, 4.69) is 27.2 Å². The van der Waals surface area contributed by atoms with Crippen LogP contribution in [0.2, 0.25) is 0 Å². The molecule has 0 aliphatic carbocycles. The molecule has 1 fully saturated rings. The SMILES string of the molecule is CSCC(C)C(=O)N1CCN(Cc2nc3ccccc3[nH]2)CC1. The van der Waals surface area contributed by atoms with Gasteiger partial charge in [-0.2, -0.15) is 11.8 Å². The molecule has 1 aromatic carbocycles. The summed E-state index contributed by atoms with van der Waals surface area (Å²) in [4.78, 5) is 24.7. The predicted octanol–water partition coefficient (Wildman–Crippen LogP) is 2.21. The molecular formula is C17H24N4OS. The van der Waals surface area contributed by atoms with Crippen LogP contribution in [-0.4, -0.2) is 63.9 Å². The molecule has 1 aliphatic rings. The molecule has 1 unspecified atom stereocenters. The van der Waals surface area contributed by atoms with Gasteiger partial charge in [-0.15, -0.1) is 0 Å². The third kappa shape index (κ3) is 3.87. The smallest absolute Gasteiger partial charge is 0.226 e. The highest BCUT2D eigenvalue weighted by Crippen LogP contribution is 2.14. The summed E-state index contributed by atoms with van der Waals surface area (Å²) in [5.41, 5.74) is 2.10. The van der Waals surface area contributed by atoms with Gasteiger partial charge in [-0.25, -0.2) is 4.98 Å². The third-order valence-electron chi connectivity index (χ3n) is 4.33. The monoisotopic (exact) mass is 332 g/mol. The quantitative estimate of drug-likeness (QED) is 0.912. The lowest BCUT2D eigenvalue weighted by Gasteiger charge is -2.35. The number of amides is 1. The highest BCUT2D eigenvalue weighted by Gasteiger charge is 2.24. The molecule has 1 aromatic heterocycles. The van der Waals surface area contributed by atoms with Gasteiger partial charge in [0.05, 0.1) is 17.6 Å². The number of benzene rings is 1. The van der Waals surface area contributed by atoms with Crippen molar-refractivity contribution in [3.8, 4) is 0 Å². The first kappa shape index (κ1) is 16.3. The Labute approximate surface area is 141 Å². The van der Waals surface area contributed by atoms with Crippen LogP contribution in [0, 0.1) is 5.92 Å². The zero-order chi connectivity index (χ0) is 16.2. The van der Waals surface area contributed by atoms with Gasteiger partial charge >= 0.3 is 0 Å². The summed E-state index contributed by atoms with van der Waals surface area (Å²) >= 11 is 1.74. The molecule has 0 radical (unpaired) electrons. The average Bonchev–Trinajstić information content (AvgIpc) is 2.97. The fourth-order valence-corrected chi connectivity index (χ4v) is 3.69. The fraction of sp³-hybridized carbons (Fsp3) is 0.529. The summed E-state index contributed by atoms with van der Waals surface area (Å²) in [6.45, 7) is 6.30. The van der Waals surface area contributed by atoms with E-state index in [1.54, 1.807) is 11.8 Å². The second-order valence-corrected chi connectivity index (χ2v) is 7.07. The van der Waals surface area contributed by atoms with E-state index in [0.29, 0.717) is 5.91 Å². The summed E-state index contributed by atoms with van der Waals surface area (Å²) in [6.07, 6.45) is 2.05. The molecule has 5 nitrogen and oxygen atoms in total. The zero-order valence-electron chi connectivity index (χ0n) is 13.8. The van der Waals surface area contributed by atoms with E-state index in [9.17, 15) is 4.79 Å². The summed E-state index contributed by atoms with van der Waals surface area (Å²) in [7, 11) is 0. The Morgan fingerprint density at radius 3 is 2.74 bits per heavy atom. The number of fused-ring (bicyclic) bond motifs is 1. The van der Waals surface area contributed by atoms with Crippen LogP contribution in [0.5, 0.6) is 0 Å².